The molecule has 1 saturated carbocycles. The lowest BCUT2D eigenvalue weighted by atomic mass is 9.98. The molecular weight excluding hydrogens is 408 g/mol. The van der Waals surface area contributed by atoms with Crippen LogP contribution in [0.15, 0.2) is 36.7 Å². The fourth-order valence-electron chi connectivity index (χ4n) is 3.72. The van der Waals surface area contributed by atoms with Gasteiger partial charge >= 0.3 is 0 Å². The van der Waals surface area contributed by atoms with Crippen molar-refractivity contribution in [3.8, 4) is 29.3 Å². The van der Waals surface area contributed by atoms with E-state index in [4.69, 9.17) is 15.2 Å². The van der Waals surface area contributed by atoms with E-state index < -0.39 is 6.10 Å². The molecule has 0 amide bonds. The summed E-state index contributed by atoms with van der Waals surface area (Å²) < 4.78 is 13.7. The molecule has 1 aliphatic carbocycles. The third-order valence-corrected chi connectivity index (χ3v) is 5.39. The number of hydrogen-bond donors (Lipinski definition) is 2. The highest BCUT2D eigenvalue weighted by atomic mass is 16.5. The van der Waals surface area contributed by atoms with Crippen molar-refractivity contribution >= 4 is 0 Å². The topological polar surface area (TPSA) is 132 Å². The number of nitriles is 1. The van der Waals surface area contributed by atoms with Gasteiger partial charge in [0.15, 0.2) is 5.75 Å². The molecule has 9 heteroatoms. The summed E-state index contributed by atoms with van der Waals surface area (Å²) in [4.78, 5) is 8.77. The molecule has 9 nitrogen and oxygen atoms in total. The summed E-state index contributed by atoms with van der Waals surface area (Å²) in [7, 11) is 0. The van der Waals surface area contributed by atoms with Crippen LogP contribution in [0, 0.1) is 18.3 Å². The monoisotopic (exact) mass is 434 g/mol. The Labute approximate surface area is 186 Å². The maximum atomic E-state index is 9.99. The maximum absolute atomic E-state index is 9.99. The van der Waals surface area contributed by atoms with Gasteiger partial charge in [0.2, 0.25) is 11.8 Å². The number of hydrogen-bond acceptors (Lipinski definition) is 8. The van der Waals surface area contributed by atoms with Gasteiger partial charge in [-0.05, 0) is 44.7 Å². The van der Waals surface area contributed by atoms with Crippen molar-refractivity contribution in [3.63, 3.8) is 0 Å². The minimum absolute atomic E-state index is 0.0897. The molecule has 0 unspecified atom stereocenters. The summed E-state index contributed by atoms with van der Waals surface area (Å²) in [5.74, 6) is 1.71. The number of aliphatic hydroxyl groups excluding tert-OH is 1. The van der Waals surface area contributed by atoms with Crippen LogP contribution in [0.4, 0.5) is 0 Å². The van der Waals surface area contributed by atoms with Crippen molar-refractivity contribution in [2.24, 2.45) is 5.73 Å². The first-order valence-electron chi connectivity index (χ1n) is 10.7. The number of ether oxygens (including phenoxy) is 2. The van der Waals surface area contributed by atoms with Gasteiger partial charge < -0.3 is 20.3 Å². The fourth-order valence-corrected chi connectivity index (χ4v) is 3.72. The molecule has 2 aromatic heterocycles. The van der Waals surface area contributed by atoms with Gasteiger partial charge in [-0.3, -0.25) is 0 Å². The van der Waals surface area contributed by atoms with Crippen molar-refractivity contribution in [2.75, 3.05) is 6.54 Å². The standard InChI is InChI=1S/C23H26N6O3/c1-15-27-22(31-18-5-3-2-4-6-18)10-23(28-15)32-21-9-16(11-24)7-8-19(21)29-14-17(13-26-29)20(30)12-25/h7-10,13-14,18,20,30H,2-6,12,25H2,1H3/t20-/m0/s1. The lowest BCUT2D eigenvalue weighted by molar-refractivity contribution is 0.147. The van der Waals surface area contributed by atoms with Gasteiger partial charge in [-0.2, -0.15) is 20.3 Å². The molecular formula is C23H26N6O3. The Morgan fingerprint density at radius 2 is 2.00 bits per heavy atom. The number of nitrogens with zero attached hydrogens (tertiary/aromatic N) is 5. The molecule has 0 radical (unpaired) electrons. The minimum atomic E-state index is -0.810. The van der Waals surface area contributed by atoms with E-state index in [9.17, 15) is 10.4 Å². The summed E-state index contributed by atoms with van der Waals surface area (Å²) in [5.41, 5.74) is 7.15. The smallest absolute Gasteiger partial charge is 0.226 e. The van der Waals surface area contributed by atoms with Crippen LogP contribution in [0.3, 0.4) is 0 Å². The first-order chi connectivity index (χ1) is 15.6. The summed E-state index contributed by atoms with van der Waals surface area (Å²) in [6, 6.07) is 8.80. The number of rotatable bonds is 7. The van der Waals surface area contributed by atoms with Crippen molar-refractivity contribution in [2.45, 2.75) is 51.2 Å². The fraction of sp³-hybridized carbons (Fsp3) is 0.391. The number of nitrogens with two attached hydrogens (primary N) is 1. The Kier molecular flexibility index (Phi) is 6.63. The van der Waals surface area contributed by atoms with Crippen LogP contribution in [-0.4, -0.2) is 37.5 Å². The zero-order valence-corrected chi connectivity index (χ0v) is 17.9. The van der Waals surface area contributed by atoms with Crippen molar-refractivity contribution in [1.82, 2.24) is 19.7 Å². The third kappa shape index (κ3) is 5.04. The number of aryl methyl sites for hydroxylation is 1. The average Bonchev–Trinajstić information content (AvgIpc) is 3.29. The summed E-state index contributed by atoms with van der Waals surface area (Å²) >= 11 is 0. The molecule has 3 aromatic rings. The van der Waals surface area contributed by atoms with Crippen LogP contribution in [0.25, 0.3) is 5.69 Å². The van der Waals surface area contributed by atoms with Gasteiger partial charge in [0, 0.05) is 24.4 Å². The molecule has 1 fully saturated rings. The first-order valence-corrected chi connectivity index (χ1v) is 10.7. The largest absolute Gasteiger partial charge is 0.474 e. The van der Waals surface area contributed by atoms with E-state index in [0.29, 0.717) is 40.1 Å². The molecule has 0 bridgehead atoms. The molecule has 166 valence electrons. The Balaban J connectivity index is 1.63. The van der Waals surface area contributed by atoms with E-state index in [1.807, 2.05) is 0 Å². The summed E-state index contributed by atoms with van der Waals surface area (Å²) in [5, 5.41) is 23.6. The normalized spacial score (nSPS) is 15.2. The van der Waals surface area contributed by atoms with Gasteiger partial charge in [0.25, 0.3) is 0 Å². The van der Waals surface area contributed by atoms with Crippen molar-refractivity contribution in [3.05, 3.63) is 53.6 Å². The van der Waals surface area contributed by atoms with Crippen LogP contribution >= 0.6 is 0 Å². The SMILES string of the molecule is Cc1nc(Oc2cc(C#N)ccc2-n2cc([C@@H](O)CN)cn2)cc(OC2CCCCC2)n1. The third-order valence-electron chi connectivity index (χ3n) is 5.39. The molecule has 2 heterocycles. The molecule has 4 rings (SSSR count). The van der Waals surface area contributed by atoms with Crippen molar-refractivity contribution < 1.29 is 14.6 Å². The lowest BCUT2D eigenvalue weighted by Gasteiger charge is -2.22. The van der Waals surface area contributed by atoms with Crippen molar-refractivity contribution in [1.29, 1.82) is 5.26 Å². The Bertz CT molecular complexity index is 1120. The molecule has 1 aliphatic rings. The maximum Gasteiger partial charge on any atom is 0.226 e. The predicted molar refractivity (Wildman–Crippen MR) is 117 cm³/mol. The Morgan fingerprint density at radius 3 is 2.75 bits per heavy atom. The molecule has 0 spiro atoms. The quantitative estimate of drug-likeness (QED) is 0.579. The highest BCUT2D eigenvalue weighted by Crippen LogP contribution is 2.31. The molecule has 3 N–H and O–H groups in total. The highest BCUT2D eigenvalue weighted by Gasteiger charge is 2.18. The minimum Gasteiger partial charge on any atom is -0.474 e. The Morgan fingerprint density at radius 1 is 1.22 bits per heavy atom. The van der Waals surface area contributed by atoms with E-state index in [0.717, 1.165) is 25.7 Å². The van der Waals surface area contributed by atoms with Gasteiger partial charge in [0.1, 0.15) is 17.6 Å². The van der Waals surface area contributed by atoms with E-state index in [-0.39, 0.29) is 12.6 Å². The van der Waals surface area contributed by atoms with E-state index in [1.165, 1.54) is 6.42 Å². The van der Waals surface area contributed by atoms with Gasteiger partial charge in [-0.15, -0.1) is 0 Å². The average molecular weight is 435 g/mol. The van der Waals surface area contributed by atoms with Gasteiger partial charge in [-0.25, -0.2) is 4.68 Å². The molecule has 0 saturated heterocycles. The number of aliphatic hydroxyl groups is 1. The second-order valence-electron chi connectivity index (χ2n) is 7.84. The van der Waals surface area contributed by atoms with E-state index in [2.05, 4.69) is 21.1 Å². The number of aromatic nitrogens is 4. The Hall–Kier alpha value is -3.48. The van der Waals surface area contributed by atoms with E-state index in [1.54, 1.807) is 48.3 Å². The summed E-state index contributed by atoms with van der Waals surface area (Å²) in [6.45, 7) is 1.87. The second-order valence-corrected chi connectivity index (χ2v) is 7.84. The van der Waals surface area contributed by atoms with Crippen LogP contribution in [0.5, 0.6) is 17.5 Å². The molecule has 0 aliphatic heterocycles. The van der Waals surface area contributed by atoms with Crippen LogP contribution in [0.2, 0.25) is 0 Å². The molecule has 1 aromatic carbocycles. The summed E-state index contributed by atoms with van der Waals surface area (Å²) in [6.07, 6.45) is 8.16. The second kappa shape index (κ2) is 9.77. The van der Waals surface area contributed by atoms with Gasteiger partial charge in [-0.1, -0.05) is 6.42 Å². The predicted octanol–water partition coefficient (Wildman–Crippen LogP) is 3.34. The van der Waals surface area contributed by atoms with E-state index >= 15 is 0 Å². The highest BCUT2D eigenvalue weighted by molar-refractivity contribution is 5.52. The molecule has 32 heavy (non-hydrogen) atoms. The lowest BCUT2D eigenvalue weighted by Crippen LogP contribution is -2.20. The first kappa shape index (κ1) is 21.7. The zero-order valence-electron chi connectivity index (χ0n) is 17.9. The molecule has 1 atom stereocenters. The van der Waals surface area contributed by atoms with Crippen LogP contribution in [-0.2, 0) is 0 Å². The van der Waals surface area contributed by atoms with Crippen LogP contribution < -0.4 is 15.2 Å². The zero-order chi connectivity index (χ0) is 22.5. The van der Waals surface area contributed by atoms with Gasteiger partial charge in [0.05, 0.1) is 30.0 Å². The van der Waals surface area contributed by atoms with Crippen LogP contribution in [0.1, 0.15) is 55.2 Å². The number of benzene rings is 1.